The third-order valence-corrected chi connectivity index (χ3v) is 3.80. The Balaban J connectivity index is 1.80. The molecule has 0 atom stereocenters. The molecule has 2 heterocycles. The standard InChI is InChI=1S/C12H17N3O2/c1-2-14-6-5-13-10(11(14)16)15-7-12(17,8-15)9-3-4-9/h5-6,9,17H,2-4,7-8H2,1H3. The van der Waals surface area contributed by atoms with Crippen molar-refractivity contribution in [3.05, 3.63) is 22.7 Å². The molecule has 1 aromatic rings. The van der Waals surface area contributed by atoms with Gasteiger partial charge in [0.05, 0.1) is 13.1 Å². The number of rotatable bonds is 3. The molecule has 1 saturated carbocycles. The molecule has 1 saturated heterocycles. The van der Waals surface area contributed by atoms with Crippen molar-refractivity contribution in [1.82, 2.24) is 9.55 Å². The largest absolute Gasteiger partial charge is 0.386 e. The van der Waals surface area contributed by atoms with E-state index in [4.69, 9.17) is 0 Å². The van der Waals surface area contributed by atoms with Gasteiger partial charge in [0.2, 0.25) is 0 Å². The van der Waals surface area contributed by atoms with Gasteiger partial charge in [0.15, 0.2) is 5.82 Å². The van der Waals surface area contributed by atoms with Gasteiger partial charge in [-0.3, -0.25) is 4.79 Å². The minimum Gasteiger partial charge on any atom is -0.386 e. The molecule has 0 bridgehead atoms. The first-order valence-corrected chi connectivity index (χ1v) is 6.17. The van der Waals surface area contributed by atoms with Crippen LogP contribution in [-0.2, 0) is 6.54 Å². The van der Waals surface area contributed by atoms with Gasteiger partial charge in [-0.25, -0.2) is 4.98 Å². The second-order valence-corrected chi connectivity index (χ2v) is 5.08. The summed E-state index contributed by atoms with van der Waals surface area (Å²) in [6, 6.07) is 0. The Labute approximate surface area is 99.7 Å². The van der Waals surface area contributed by atoms with Gasteiger partial charge in [0, 0.05) is 18.9 Å². The molecule has 2 aliphatic rings. The number of β-amino-alcohol motifs (C(OH)–C–C–N with tert-alkyl or cyclic N) is 1. The molecule has 92 valence electrons. The molecule has 5 nitrogen and oxygen atoms in total. The fourth-order valence-corrected chi connectivity index (χ4v) is 2.55. The number of anilines is 1. The summed E-state index contributed by atoms with van der Waals surface area (Å²) in [5.41, 5.74) is -0.631. The van der Waals surface area contributed by atoms with E-state index in [2.05, 4.69) is 4.98 Å². The first kappa shape index (κ1) is 10.8. The van der Waals surface area contributed by atoms with Crippen LogP contribution in [0.5, 0.6) is 0 Å². The molecule has 0 amide bonds. The number of aromatic nitrogens is 2. The van der Waals surface area contributed by atoms with Gasteiger partial charge < -0.3 is 14.6 Å². The van der Waals surface area contributed by atoms with E-state index >= 15 is 0 Å². The monoisotopic (exact) mass is 235 g/mol. The van der Waals surface area contributed by atoms with Crippen molar-refractivity contribution in [1.29, 1.82) is 0 Å². The Kier molecular flexibility index (Phi) is 2.26. The third-order valence-electron chi connectivity index (χ3n) is 3.80. The summed E-state index contributed by atoms with van der Waals surface area (Å²) in [7, 11) is 0. The van der Waals surface area contributed by atoms with Crippen LogP contribution in [0.15, 0.2) is 17.2 Å². The normalized spacial score (nSPS) is 22.4. The Morgan fingerprint density at radius 3 is 2.82 bits per heavy atom. The van der Waals surface area contributed by atoms with Crippen LogP contribution < -0.4 is 10.5 Å². The lowest BCUT2D eigenvalue weighted by atomic mass is 9.89. The zero-order valence-corrected chi connectivity index (χ0v) is 9.96. The smallest absolute Gasteiger partial charge is 0.293 e. The highest BCUT2D eigenvalue weighted by molar-refractivity contribution is 5.42. The second-order valence-electron chi connectivity index (χ2n) is 5.08. The van der Waals surface area contributed by atoms with Crippen molar-refractivity contribution >= 4 is 5.82 Å². The molecule has 1 aromatic heterocycles. The second kappa shape index (κ2) is 3.57. The lowest BCUT2D eigenvalue weighted by Gasteiger charge is -2.47. The highest BCUT2D eigenvalue weighted by Crippen LogP contribution is 2.44. The topological polar surface area (TPSA) is 58.4 Å². The predicted octanol–water partition coefficient (Wildman–Crippen LogP) is 0.224. The summed E-state index contributed by atoms with van der Waals surface area (Å²) in [6.45, 7) is 3.68. The van der Waals surface area contributed by atoms with E-state index in [1.807, 2.05) is 11.8 Å². The van der Waals surface area contributed by atoms with Crippen LogP contribution in [-0.4, -0.2) is 33.3 Å². The van der Waals surface area contributed by atoms with Crippen LogP contribution >= 0.6 is 0 Å². The van der Waals surface area contributed by atoms with E-state index in [1.165, 1.54) is 0 Å². The van der Waals surface area contributed by atoms with Crippen LogP contribution in [0.4, 0.5) is 5.82 Å². The minimum absolute atomic E-state index is 0.0622. The van der Waals surface area contributed by atoms with Gasteiger partial charge in [-0.2, -0.15) is 0 Å². The SMILES string of the molecule is CCn1ccnc(N2CC(O)(C3CC3)C2)c1=O. The first-order chi connectivity index (χ1) is 8.14. The number of aliphatic hydroxyl groups is 1. The maximum Gasteiger partial charge on any atom is 0.293 e. The zero-order valence-electron chi connectivity index (χ0n) is 9.96. The van der Waals surface area contributed by atoms with Crippen molar-refractivity contribution in [2.24, 2.45) is 5.92 Å². The van der Waals surface area contributed by atoms with Crippen LogP contribution in [0.3, 0.4) is 0 Å². The van der Waals surface area contributed by atoms with Crippen LogP contribution in [0.2, 0.25) is 0 Å². The molecular weight excluding hydrogens is 218 g/mol. The van der Waals surface area contributed by atoms with E-state index in [0.717, 1.165) is 12.8 Å². The summed E-state index contributed by atoms with van der Waals surface area (Å²) in [4.78, 5) is 18.0. The van der Waals surface area contributed by atoms with Gasteiger partial charge in [-0.15, -0.1) is 0 Å². The van der Waals surface area contributed by atoms with E-state index in [9.17, 15) is 9.90 Å². The lowest BCUT2D eigenvalue weighted by molar-refractivity contribution is -0.00993. The average molecular weight is 235 g/mol. The van der Waals surface area contributed by atoms with Crippen LogP contribution in [0, 0.1) is 5.92 Å². The number of aryl methyl sites for hydroxylation is 1. The fraction of sp³-hybridized carbons (Fsp3) is 0.667. The molecule has 2 fully saturated rings. The third kappa shape index (κ3) is 1.65. The maximum atomic E-state index is 12.0. The summed E-state index contributed by atoms with van der Waals surface area (Å²) < 4.78 is 1.64. The molecule has 3 rings (SSSR count). The Morgan fingerprint density at radius 1 is 1.53 bits per heavy atom. The molecule has 1 N–H and O–H groups in total. The quantitative estimate of drug-likeness (QED) is 0.814. The van der Waals surface area contributed by atoms with Crippen LogP contribution in [0.25, 0.3) is 0 Å². The van der Waals surface area contributed by atoms with Gasteiger partial charge in [0.25, 0.3) is 5.56 Å². The lowest BCUT2D eigenvalue weighted by Crippen LogP contribution is -2.64. The summed E-state index contributed by atoms with van der Waals surface area (Å²) in [5, 5.41) is 10.2. The molecular formula is C12H17N3O2. The molecule has 5 heteroatoms. The first-order valence-electron chi connectivity index (χ1n) is 6.17. The molecule has 0 spiro atoms. The van der Waals surface area contributed by atoms with Gasteiger partial charge in [-0.1, -0.05) is 0 Å². The number of nitrogens with zero attached hydrogens (tertiary/aromatic N) is 3. The molecule has 17 heavy (non-hydrogen) atoms. The summed E-state index contributed by atoms with van der Waals surface area (Å²) in [5.74, 6) is 0.913. The summed E-state index contributed by atoms with van der Waals surface area (Å²) >= 11 is 0. The van der Waals surface area contributed by atoms with Crippen molar-refractivity contribution in [3.63, 3.8) is 0 Å². The Bertz CT molecular complexity index is 487. The van der Waals surface area contributed by atoms with Gasteiger partial charge in [-0.05, 0) is 25.7 Å². The van der Waals surface area contributed by atoms with Crippen LogP contribution in [0.1, 0.15) is 19.8 Å². The molecule has 1 aliphatic carbocycles. The number of hydrogen-bond acceptors (Lipinski definition) is 4. The van der Waals surface area contributed by atoms with Crippen molar-refractivity contribution < 1.29 is 5.11 Å². The zero-order chi connectivity index (χ0) is 12.0. The Morgan fingerprint density at radius 2 is 2.24 bits per heavy atom. The average Bonchev–Trinajstić information content (AvgIpc) is 3.09. The van der Waals surface area contributed by atoms with Gasteiger partial charge >= 0.3 is 0 Å². The molecule has 0 aromatic carbocycles. The van der Waals surface area contributed by atoms with Gasteiger partial charge in [0.1, 0.15) is 5.60 Å². The molecule has 0 radical (unpaired) electrons. The van der Waals surface area contributed by atoms with Crippen molar-refractivity contribution in [2.75, 3.05) is 18.0 Å². The van der Waals surface area contributed by atoms with E-state index in [1.54, 1.807) is 17.0 Å². The van der Waals surface area contributed by atoms with Crippen molar-refractivity contribution in [2.45, 2.75) is 31.9 Å². The van der Waals surface area contributed by atoms with E-state index < -0.39 is 5.60 Å². The summed E-state index contributed by atoms with van der Waals surface area (Å²) in [6.07, 6.45) is 5.57. The number of hydrogen-bond donors (Lipinski definition) is 1. The Hall–Kier alpha value is -1.36. The predicted molar refractivity (Wildman–Crippen MR) is 64.1 cm³/mol. The minimum atomic E-state index is -0.568. The molecule has 0 unspecified atom stereocenters. The molecule has 1 aliphatic heterocycles. The fourth-order valence-electron chi connectivity index (χ4n) is 2.55. The van der Waals surface area contributed by atoms with Crippen molar-refractivity contribution in [3.8, 4) is 0 Å². The van der Waals surface area contributed by atoms with E-state index in [0.29, 0.717) is 31.4 Å². The van der Waals surface area contributed by atoms with E-state index in [-0.39, 0.29) is 5.56 Å². The highest BCUT2D eigenvalue weighted by Gasteiger charge is 2.52. The highest BCUT2D eigenvalue weighted by atomic mass is 16.3. The maximum absolute atomic E-state index is 12.0.